The monoisotopic (exact) mass is 315 g/mol. The Bertz CT molecular complexity index is 436. The topological polar surface area (TPSA) is 20.3 Å². The van der Waals surface area contributed by atoms with E-state index in [2.05, 4.69) is 31.9 Å². The number of amides is 1. The van der Waals surface area contributed by atoms with E-state index in [4.69, 9.17) is 0 Å². The summed E-state index contributed by atoms with van der Waals surface area (Å²) in [6.45, 7) is 0. The molecule has 1 heterocycles. The highest BCUT2D eigenvalue weighted by atomic mass is 79.9. The Morgan fingerprint density at radius 2 is 1.79 bits per heavy atom. The smallest absolute Gasteiger partial charge is 0.258 e. The summed E-state index contributed by atoms with van der Waals surface area (Å²) in [6, 6.07) is 7.57. The third-order valence-electron chi connectivity index (χ3n) is 2.23. The first kappa shape index (κ1) is 9.93. The van der Waals surface area contributed by atoms with Crippen LogP contribution in [0.5, 0.6) is 0 Å². The number of benzene rings is 1. The highest BCUT2D eigenvalue weighted by molar-refractivity contribution is 9.28. The molecule has 0 saturated carbocycles. The molecule has 2 rings (SSSR count). The molecule has 72 valence electrons. The summed E-state index contributed by atoms with van der Waals surface area (Å²) in [7, 11) is 1.76. The highest BCUT2D eigenvalue weighted by Gasteiger charge is 2.30. The van der Waals surface area contributed by atoms with Crippen molar-refractivity contribution in [2.24, 2.45) is 0 Å². The first-order chi connectivity index (χ1) is 6.63. The van der Waals surface area contributed by atoms with Crippen LogP contribution in [0, 0.1) is 0 Å². The van der Waals surface area contributed by atoms with Crippen LogP contribution in [-0.2, 0) is 0 Å². The molecule has 14 heavy (non-hydrogen) atoms. The van der Waals surface area contributed by atoms with E-state index in [1.165, 1.54) is 0 Å². The molecule has 1 amide bonds. The van der Waals surface area contributed by atoms with E-state index in [-0.39, 0.29) is 5.91 Å². The molecule has 0 saturated heterocycles. The second-order valence-electron chi connectivity index (χ2n) is 3.02. The Balaban J connectivity index is 2.72. The molecule has 0 aliphatic carbocycles. The second kappa shape index (κ2) is 3.51. The van der Waals surface area contributed by atoms with Crippen molar-refractivity contribution in [3.63, 3.8) is 0 Å². The average molecular weight is 317 g/mol. The number of rotatable bonds is 0. The van der Waals surface area contributed by atoms with Gasteiger partial charge in [0.1, 0.15) is 0 Å². The lowest BCUT2D eigenvalue weighted by molar-refractivity contribution is 0.0874. The van der Waals surface area contributed by atoms with Gasteiger partial charge in [0, 0.05) is 18.2 Å². The summed E-state index contributed by atoms with van der Waals surface area (Å²) in [5.74, 6) is 0.0343. The third kappa shape index (κ3) is 1.33. The van der Waals surface area contributed by atoms with Crippen LogP contribution < -0.4 is 0 Å². The van der Waals surface area contributed by atoms with E-state index in [1.807, 2.05) is 24.3 Å². The molecule has 4 heteroatoms. The Hall–Kier alpha value is -0.610. The molecule has 1 aromatic rings. The normalized spacial score (nSPS) is 14.6. The van der Waals surface area contributed by atoms with Gasteiger partial charge in [0.05, 0.1) is 9.09 Å². The lowest BCUT2D eigenvalue weighted by atomic mass is 10.1. The zero-order valence-corrected chi connectivity index (χ0v) is 10.6. The van der Waals surface area contributed by atoms with Crippen molar-refractivity contribution in [1.29, 1.82) is 0 Å². The van der Waals surface area contributed by atoms with Gasteiger partial charge in [-0.1, -0.05) is 18.2 Å². The fourth-order valence-corrected chi connectivity index (χ4v) is 2.53. The Morgan fingerprint density at radius 3 is 2.36 bits per heavy atom. The molecule has 1 aromatic carbocycles. The Morgan fingerprint density at radius 1 is 1.21 bits per heavy atom. The zero-order valence-electron chi connectivity index (χ0n) is 7.42. The van der Waals surface area contributed by atoms with Gasteiger partial charge in [0.25, 0.3) is 5.91 Å². The standard InChI is InChI=1S/C10H7Br2NO/c1-13-8(9(11)12)6-4-2-3-5-7(6)10(13)14/h2-5H,1H3. The van der Waals surface area contributed by atoms with Crippen LogP contribution in [0.15, 0.2) is 27.7 Å². The molecule has 0 fully saturated rings. The number of halogens is 2. The van der Waals surface area contributed by atoms with Crippen LogP contribution in [0.2, 0.25) is 0 Å². The molecule has 0 spiro atoms. The summed E-state index contributed by atoms with van der Waals surface area (Å²) in [6.07, 6.45) is 0. The minimum absolute atomic E-state index is 0.0343. The van der Waals surface area contributed by atoms with E-state index < -0.39 is 0 Å². The highest BCUT2D eigenvalue weighted by Crippen LogP contribution is 2.37. The van der Waals surface area contributed by atoms with Crippen molar-refractivity contribution in [1.82, 2.24) is 4.90 Å². The van der Waals surface area contributed by atoms with Crippen LogP contribution in [0.1, 0.15) is 15.9 Å². The van der Waals surface area contributed by atoms with Gasteiger partial charge in [-0.3, -0.25) is 4.79 Å². The van der Waals surface area contributed by atoms with Crippen molar-refractivity contribution in [3.05, 3.63) is 38.8 Å². The maximum Gasteiger partial charge on any atom is 0.258 e. The molecule has 0 atom stereocenters. The van der Waals surface area contributed by atoms with Crippen LogP contribution in [-0.4, -0.2) is 17.9 Å². The van der Waals surface area contributed by atoms with Crippen LogP contribution in [0.4, 0.5) is 0 Å². The lowest BCUT2D eigenvalue weighted by Gasteiger charge is -2.11. The van der Waals surface area contributed by atoms with Gasteiger partial charge in [-0.15, -0.1) is 0 Å². The van der Waals surface area contributed by atoms with E-state index in [1.54, 1.807) is 11.9 Å². The molecular formula is C10H7Br2NO. The molecular weight excluding hydrogens is 310 g/mol. The van der Waals surface area contributed by atoms with E-state index in [0.29, 0.717) is 0 Å². The zero-order chi connectivity index (χ0) is 10.3. The summed E-state index contributed by atoms with van der Waals surface area (Å²) in [5.41, 5.74) is 2.59. The molecule has 0 aromatic heterocycles. The largest absolute Gasteiger partial charge is 0.309 e. The summed E-state index contributed by atoms with van der Waals surface area (Å²) in [4.78, 5) is 13.4. The van der Waals surface area contributed by atoms with Gasteiger partial charge in [-0.2, -0.15) is 0 Å². The predicted octanol–water partition coefficient (Wildman–Crippen LogP) is 3.19. The van der Waals surface area contributed by atoms with Gasteiger partial charge in [-0.05, 0) is 37.9 Å². The van der Waals surface area contributed by atoms with Gasteiger partial charge < -0.3 is 4.90 Å². The molecule has 0 bridgehead atoms. The Kier molecular flexibility index (Phi) is 2.49. The fraction of sp³-hybridized carbons (Fsp3) is 0.100. The molecule has 1 aliphatic heterocycles. The third-order valence-corrected chi connectivity index (χ3v) is 2.98. The van der Waals surface area contributed by atoms with Crippen molar-refractivity contribution in [2.45, 2.75) is 0 Å². The average Bonchev–Trinajstić information content (AvgIpc) is 2.41. The fourth-order valence-electron chi connectivity index (χ4n) is 1.57. The first-order valence-corrected chi connectivity index (χ1v) is 5.64. The molecule has 0 radical (unpaired) electrons. The van der Waals surface area contributed by atoms with Crippen LogP contribution in [0.3, 0.4) is 0 Å². The summed E-state index contributed by atoms with van der Waals surface area (Å²) >= 11 is 6.68. The first-order valence-electron chi connectivity index (χ1n) is 4.05. The van der Waals surface area contributed by atoms with E-state index >= 15 is 0 Å². The SMILES string of the molecule is CN1C(=O)c2ccccc2C1=C(Br)Br. The lowest BCUT2D eigenvalue weighted by Crippen LogP contribution is -2.17. The number of fused-ring (bicyclic) bond motifs is 1. The molecule has 2 nitrogen and oxygen atoms in total. The number of carbonyl (C=O) groups excluding carboxylic acids is 1. The van der Waals surface area contributed by atoms with Crippen molar-refractivity contribution in [2.75, 3.05) is 7.05 Å². The number of nitrogens with zero attached hydrogens (tertiary/aromatic N) is 1. The van der Waals surface area contributed by atoms with Crippen LogP contribution in [0.25, 0.3) is 5.70 Å². The van der Waals surface area contributed by atoms with Crippen LogP contribution >= 0.6 is 31.9 Å². The molecule has 0 unspecified atom stereocenters. The number of carbonyl (C=O) groups is 1. The maximum atomic E-state index is 11.8. The van der Waals surface area contributed by atoms with Gasteiger partial charge in [-0.25, -0.2) is 0 Å². The Labute approximate surface area is 98.9 Å². The van der Waals surface area contributed by atoms with Crippen molar-refractivity contribution in [3.8, 4) is 0 Å². The van der Waals surface area contributed by atoms with Gasteiger partial charge in [0.2, 0.25) is 0 Å². The van der Waals surface area contributed by atoms with E-state index in [9.17, 15) is 4.79 Å². The van der Waals surface area contributed by atoms with Gasteiger partial charge >= 0.3 is 0 Å². The van der Waals surface area contributed by atoms with Crippen molar-refractivity contribution >= 4 is 43.5 Å². The number of hydrogen-bond acceptors (Lipinski definition) is 1. The predicted molar refractivity (Wildman–Crippen MR) is 63.3 cm³/mol. The van der Waals surface area contributed by atoms with Crippen molar-refractivity contribution < 1.29 is 4.79 Å². The quantitative estimate of drug-likeness (QED) is 0.720. The number of hydrogen-bond donors (Lipinski definition) is 0. The van der Waals surface area contributed by atoms with E-state index in [0.717, 1.165) is 20.2 Å². The second-order valence-corrected chi connectivity index (χ2v) is 5.67. The van der Waals surface area contributed by atoms with Gasteiger partial charge in [0.15, 0.2) is 0 Å². The molecule has 0 N–H and O–H groups in total. The minimum atomic E-state index is 0.0343. The maximum absolute atomic E-state index is 11.8. The molecule has 1 aliphatic rings. The minimum Gasteiger partial charge on any atom is -0.309 e. The summed E-state index contributed by atoms with van der Waals surface area (Å²) in [5, 5.41) is 0. The summed E-state index contributed by atoms with van der Waals surface area (Å²) < 4.78 is 0.797.